The normalized spacial score (nSPS) is 22.2. The van der Waals surface area contributed by atoms with Gasteiger partial charge in [-0.3, -0.25) is 19.1 Å². The number of aryl methyl sites for hydroxylation is 1. The lowest BCUT2D eigenvalue weighted by Gasteiger charge is -2.35. The molecule has 4 rings (SSSR count). The summed E-state index contributed by atoms with van der Waals surface area (Å²) in [6.45, 7) is 8.09. The number of carbonyl (C=O) groups excluding carboxylic acids is 3. The van der Waals surface area contributed by atoms with Crippen LogP contribution >= 0.6 is 0 Å². The topological polar surface area (TPSA) is 111 Å². The van der Waals surface area contributed by atoms with E-state index in [1.165, 1.54) is 4.90 Å². The highest BCUT2D eigenvalue weighted by Gasteiger charge is 2.56. The van der Waals surface area contributed by atoms with Crippen LogP contribution in [0.25, 0.3) is 0 Å². The number of hydrogen-bond donors (Lipinski definition) is 1. The number of nitrogens with zero attached hydrogens (tertiary/aromatic N) is 5. The minimum atomic E-state index is -0.964. The van der Waals surface area contributed by atoms with E-state index in [1.54, 1.807) is 22.8 Å². The first-order chi connectivity index (χ1) is 17.5. The van der Waals surface area contributed by atoms with Gasteiger partial charge >= 0.3 is 0 Å². The third-order valence-electron chi connectivity index (χ3n) is 7.73. The molecule has 1 fully saturated rings. The van der Waals surface area contributed by atoms with Crippen LogP contribution in [0.2, 0.25) is 0 Å². The van der Waals surface area contributed by atoms with Crippen LogP contribution in [-0.2, 0) is 26.8 Å². The molecule has 37 heavy (non-hydrogen) atoms. The summed E-state index contributed by atoms with van der Waals surface area (Å²) in [5, 5.41) is 17.2. The molecular formula is C28H36N6O3. The first-order valence-corrected chi connectivity index (χ1v) is 12.9. The van der Waals surface area contributed by atoms with Crippen LogP contribution in [0.4, 0.5) is 5.69 Å². The lowest BCUT2D eigenvalue weighted by Crippen LogP contribution is -2.53. The maximum Gasteiger partial charge on any atom is 0.246 e. The number of likely N-dealkylation sites (N-methyl/N-ethyl adjacent to an activating group) is 1. The van der Waals surface area contributed by atoms with Crippen molar-refractivity contribution < 1.29 is 14.4 Å². The molecular weight excluding hydrogens is 468 g/mol. The minimum Gasteiger partial charge on any atom is -0.333 e. The number of hydrogen-bond acceptors (Lipinski definition) is 5. The number of amides is 3. The van der Waals surface area contributed by atoms with Crippen molar-refractivity contribution >= 4 is 23.4 Å². The van der Waals surface area contributed by atoms with Gasteiger partial charge < -0.3 is 15.1 Å². The molecule has 4 atom stereocenters. The van der Waals surface area contributed by atoms with E-state index >= 15 is 0 Å². The van der Waals surface area contributed by atoms with Gasteiger partial charge in [0.25, 0.3) is 0 Å². The largest absolute Gasteiger partial charge is 0.333 e. The third-order valence-corrected chi connectivity index (χ3v) is 7.73. The second-order valence-electron chi connectivity index (χ2n) is 11.2. The van der Waals surface area contributed by atoms with Crippen LogP contribution in [0.5, 0.6) is 0 Å². The smallest absolute Gasteiger partial charge is 0.246 e. The Morgan fingerprint density at radius 3 is 2.57 bits per heavy atom. The number of nitrogens with one attached hydrogen (secondary N) is 1. The molecule has 1 spiro atoms. The third kappa shape index (κ3) is 4.61. The average Bonchev–Trinajstić information content (AvgIpc) is 3.53. The molecule has 9 nitrogen and oxygen atoms in total. The van der Waals surface area contributed by atoms with Crippen molar-refractivity contribution in [1.82, 2.24) is 19.6 Å². The summed E-state index contributed by atoms with van der Waals surface area (Å²) in [4.78, 5) is 44.2. The molecule has 196 valence electrons. The van der Waals surface area contributed by atoms with E-state index in [2.05, 4.69) is 16.5 Å². The number of carbonyl (C=O) groups is 3. The maximum absolute atomic E-state index is 14.1. The van der Waals surface area contributed by atoms with Gasteiger partial charge in [-0.2, -0.15) is 10.4 Å². The number of rotatable bonds is 7. The number of fused-ring (bicyclic) bond motifs is 2. The minimum absolute atomic E-state index is 0.00505. The highest BCUT2D eigenvalue weighted by Crippen LogP contribution is 2.46. The summed E-state index contributed by atoms with van der Waals surface area (Å²) in [5.74, 6) is -0.967. The number of anilines is 1. The fourth-order valence-electron chi connectivity index (χ4n) is 5.83. The SMILES string of the molecule is CC(C)C[C@@H](C(=O)N1C[C@]2(C[C@H]1C#N)C(=O)Nc1ccccc12)N(C)C(=O)[C@H](c1cnn(C)c1)C(C)C. The van der Waals surface area contributed by atoms with Gasteiger partial charge in [-0.05, 0) is 29.9 Å². The van der Waals surface area contributed by atoms with E-state index in [0.29, 0.717) is 6.42 Å². The monoisotopic (exact) mass is 504 g/mol. The molecule has 3 amide bonds. The fraction of sp³-hybridized carbons (Fsp3) is 0.536. The van der Waals surface area contributed by atoms with Crippen molar-refractivity contribution in [3.8, 4) is 6.07 Å². The van der Waals surface area contributed by atoms with Crippen LogP contribution in [0.15, 0.2) is 36.7 Å². The standard InChI is InChI=1S/C28H36N6O3/c1-17(2)11-23(33(6)26(36)24(18(3)4)19-14-30-32(5)15-19)25(35)34-16-28(12-20(34)13-29)21-9-7-8-10-22(21)31-27(28)37/h7-10,14-15,17-18,20,23-24H,11-12,16H2,1-6H3,(H,31,37)/t20-,23-,24-,28-/m0/s1. The van der Waals surface area contributed by atoms with Crippen molar-refractivity contribution in [2.45, 2.75) is 64.0 Å². The van der Waals surface area contributed by atoms with Crippen molar-refractivity contribution in [1.29, 1.82) is 5.26 Å². The fourth-order valence-corrected chi connectivity index (χ4v) is 5.83. The van der Waals surface area contributed by atoms with Crippen LogP contribution in [-0.4, -0.2) is 63.0 Å². The Morgan fingerprint density at radius 2 is 1.97 bits per heavy atom. The van der Waals surface area contributed by atoms with Crippen molar-refractivity contribution in [2.75, 3.05) is 18.9 Å². The second-order valence-corrected chi connectivity index (χ2v) is 11.2. The Balaban J connectivity index is 1.66. The number of nitriles is 1. The molecule has 3 heterocycles. The molecule has 1 saturated heterocycles. The Hall–Kier alpha value is -3.67. The van der Waals surface area contributed by atoms with Gasteiger partial charge in [0.05, 0.1) is 23.6 Å². The zero-order chi connectivity index (χ0) is 27.1. The maximum atomic E-state index is 14.1. The summed E-state index contributed by atoms with van der Waals surface area (Å²) in [6, 6.07) is 8.18. The predicted molar refractivity (Wildman–Crippen MR) is 139 cm³/mol. The lowest BCUT2D eigenvalue weighted by molar-refractivity contribution is -0.146. The van der Waals surface area contributed by atoms with Crippen molar-refractivity contribution in [3.05, 3.63) is 47.8 Å². The number of aromatic nitrogens is 2. The van der Waals surface area contributed by atoms with E-state index in [0.717, 1.165) is 16.8 Å². The Kier molecular flexibility index (Phi) is 7.13. The van der Waals surface area contributed by atoms with Gasteiger partial charge in [0.1, 0.15) is 12.1 Å². The number of likely N-dealkylation sites (tertiary alicyclic amines) is 1. The first-order valence-electron chi connectivity index (χ1n) is 12.9. The van der Waals surface area contributed by atoms with Crippen molar-refractivity contribution in [2.24, 2.45) is 18.9 Å². The molecule has 2 aliphatic heterocycles. The summed E-state index contributed by atoms with van der Waals surface area (Å²) < 4.78 is 1.67. The molecule has 0 saturated carbocycles. The Morgan fingerprint density at radius 1 is 1.27 bits per heavy atom. The van der Waals surface area contributed by atoms with E-state index in [9.17, 15) is 19.6 Å². The van der Waals surface area contributed by atoms with Gasteiger partial charge in [-0.1, -0.05) is 45.9 Å². The first kappa shape index (κ1) is 26.4. The summed E-state index contributed by atoms with van der Waals surface area (Å²) in [7, 11) is 3.48. The number of para-hydroxylation sites is 1. The lowest BCUT2D eigenvalue weighted by atomic mass is 9.80. The quantitative estimate of drug-likeness (QED) is 0.623. The molecule has 9 heteroatoms. The highest BCUT2D eigenvalue weighted by molar-refractivity contribution is 6.07. The Labute approximate surface area is 218 Å². The van der Waals surface area contributed by atoms with Gasteiger partial charge in [0.2, 0.25) is 17.7 Å². The molecule has 2 aromatic rings. The van der Waals surface area contributed by atoms with Gasteiger partial charge in [0.15, 0.2) is 0 Å². The molecule has 1 N–H and O–H groups in total. The number of benzene rings is 1. The molecule has 0 aliphatic carbocycles. The molecule has 0 bridgehead atoms. The second kappa shape index (κ2) is 10.0. The molecule has 0 unspecified atom stereocenters. The highest BCUT2D eigenvalue weighted by atomic mass is 16.2. The summed E-state index contributed by atoms with van der Waals surface area (Å²) in [6.07, 6.45) is 4.21. The molecule has 1 aromatic heterocycles. The van der Waals surface area contributed by atoms with Gasteiger partial charge in [-0.15, -0.1) is 0 Å². The van der Waals surface area contributed by atoms with E-state index < -0.39 is 23.4 Å². The van der Waals surface area contributed by atoms with E-state index in [4.69, 9.17) is 0 Å². The summed E-state index contributed by atoms with van der Waals surface area (Å²) in [5.41, 5.74) is 1.38. The summed E-state index contributed by atoms with van der Waals surface area (Å²) >= 11 is 0. The van der Waals surface area contributed by atoms with Crippen LogP contribution in [0, 0.1) is 23.2 Å². The van der Waals surface area contributed by atoms with Crippen LogP contribution < -0.4 is 5.32 Å². The van der Waals surface area contributed by atoms with Gasteiger partial charge in [-0.25, -0.2) is 0 Å². The molecule has 2 aliphatic rings. The van der Waals surface area contributed by atoms with E-state index in [1.807, 2.05) is 65.2 Å². The van der Waals surface area contributed by atoms with Crippen molar-refractivity contribution in [3.63, 3.8) is 0 Å². The Bertz CT molecular complexity index is 1240. The van der Waals surface area contributed by atoms with Crippen LogP contribution in [0.1, 0.15) is 57.6 Å². The van der Waals surface area contributed by atoms with E-state index in [-0.39, 0.29) is 42.5 Å². The van der Waals surface area contributed by atoms with Crippen LogP contribution in [0.3, 0.4) is 0 Å². The molecule has 0 radical (unpaired) electrons. The predicted octanol–water partition coefficient (Wildman–Crippen LogP) is 3.05. The zero-order valence-corrected chi connectivity index (χ0v) is 22.4. The van der Waals surface area contributed by atoms with Gasteiger partial charge in [0, 0.05) is 44.5 Å². The zero-order valence-electron chi connectivity index (χ0n) is 22.4. The average molecular weight is 505 g/mol. The molecule has 1 aromatic carbocycles.